The second-order valence-corrected chi connectivity index (χ2v) is 17.1. The largest absolute Gasteiger partial charge is 0.508 e. The fraction of sp³-hybridized carbons (Fsp3) is 0.524. The van der Waals surface area contributed by atoms with E-state index in [4.69, 9.17) is 35.5 Å². The third-order valence-corrected chi connectivity index (χ3v) is 10.1. The quantitative estimate of drug-likeness (QED) is 0.158. The monoisotopic (exact) mass is 793 g/mol. The molecule has 3 aromatic carbocycles. The minimum atomic E-state index is -0.659. The minimum absolute atomic E-state index is 0.0179. The molecule has 0 bridgehead atoms. The van der Waals surface area contributed by atoms with E-state index in [2.05, 4.69) is 9.88 Å². The second-order valence-electron chi connectivity index (χ2n) is 16.7. The number of likely N-dealkylation sites (tertiary alicyclic amines) is 1. The number of esters is 1. The molecule has 6 rings (SSSR count). The van der Waals surface area contributed by atoms with Crippen molar-refractivity contribution in [3.05, 3.63) is 53.3 Å². The van der Waals surface area contributed by atoms with Crippen molar-refractivity contribution in [3.63, 3.8) is 0 Å². The van der Waals surface area contributed by atoms with Gasteiger partial charge < -0.3 is 33.9 Å². The summed E-state index contributed by atoms with van der Waals surface area (Å²) in [6.45, 7) is 17.1. The molecule has 0 spiro atoms. The number of phenols is 1. The zero-order chi connectivity index (χ0) is 40.4. The van der Waals surface area contributed by atoms with Gasteiger partial charge >= 0.3 is 18.1 Å². The van der Waals surface area contributed by atoms with Crippen LogP contribution in [0.5, 0.6) is 11.8 Å². The normalized spacial score (nSPS) is 17.4. The Labute approximate surface area is 332 Å². The Bertz CT molecular complexity index is 2060. The van der Waals surface area contributed by atoms with Gasteiger partial charge in [-0.05, 0) is 115 Å². The predicted molar refractivity (Wildman–Crippen MR) is 215 cm³/mol. The van der Waals surface area contributed by atoms with E-state index in [1.165, 1.54) is 6.07 Å². The molecule has 14 heteroatoms. The second kappa shape index (κ2) is 17.0. The summed E-state index contributed by atoms with van der Waals surface area (Å²) in [5.41, 5.74) is -0.594. The van der Waals surface area contributed by atoms with E-state index in [-0.39, 0.29) is 53.1 Å². The summed E-state index contributed by atoms with van der Waals surface area (Å²) >= 11 is 6.92. The number of hydrogen-bond donors (Lipinski definition) is 1. The maximum Gasteiger partial charge on any atom is 0.410 e. The van der Waals surface area contributed by atoms with Crippen molar-refractivity contribution >= 4 is 51.2 Å². The Morgan fingerprint density at radius 2 is 1.66 bits per heavy atom. The Balaban J connectivity index is 1.22. The lowest BCUT2D eigenvalue weighted by Gasteiger charge is -2.41. The van der Waals surface area contributed by atoms with Crippen LogP contribution < -0.4 is 9.64 Å². The van der Waals surface area contributed by atoms with Crippen molar-refractivity contribution in [1.29, 1.82) is 0 Å². The Morgan fingerprint density at radius 3 is 2.36 bits per heavy atom. The molecular formula is C42H53ClFN5O7. The van der Waals surface area contributed by atoms with Gasteiger partial charge in [-0.25, -0.2) is 14.0 Å². The number of nitrogens with zero attached hydrogens (tertiary/aromatic N) is 5. The van der Waals surface area contributed by atoms with Crippen molar-refractivity contribution in [3.8, 4) is 22.9 Å². The van der Waals surface area contributed by atoms with E-state index >= 15 is 4.39 Å². The molecule has 4 aromatic rings. The van der Waals surface area contributed by atoms with Crippen LogP contribution in [0.1, 0.15) is 61.3 Å². The first kappa shape index (κ1) is 41.2. The van der Waals surface area contributed by atoms with Crippen molar-refractivity contribution in [2.75, 3.05) is 64.0 Å². The number of fused-ring (bicyclic) bond motifs is 2. The molecule has 3 heterocycles. The van der Waals surface area contributed by atoms with Gasteiger partial charge in [0.15, 0.2) is 5.82 Å². The first-order chi connectivity index (χ1) is 26.5. The number of halogens is 2. The van der Waals surface area contributed by atoms with E-state index in [0.29, 0.717) is 55.5 Å². The van der Waals surface area contributed by atoms with Gasteiger partial charge in [-0.3, -0.25) is 4.90 Å². The Kier molecular flexibility index (Phi) is 12.5. The smallest absolute Gasteiger partial charge is 0.410 e. The topological polar surface area (TPSA) is 127 Å². The molecule has 2 aliphatic heterocycles. The van der Waals surface area contributed by atoms with Gasteiger partial charge in [0.2, 0.25) is 0 Å². The number of rotatable bonds is 10. The summed E-state index contributed by atoms with van der Waals surface area (Å²) in [6.07, 6.45) is 1.43. The lowest BCUT2D eigenvalue weighted by Crippen LogP contribution is -2.54. The number of aromatic hydroxyl groups is 1. The number of benzene rings is 3. The van der Waals surface area contributed by atoms with Gasteiger partial charge in [-0.2, -0.15) is 9.97 Å². The number of piperidine rings is 1. The summed E-state index contributed by atoms with van der Waals surface area (Å²) in [7, 11) is 0. The first-order valence-corrected chi connectivity index (χ1v) is 19.6. The molecule has 0 saturated carbocycles. The van der Waals surface area contributed by atoms with E-state index in [1.807, 2.05) is 77.6 Å². The van der Waals surface area contributed by atoms with Gasteiger partial charge in [0, 0.05) is 43.2 Å². The molecule has 2 saturated heterocycles. The highest BCUT2D eigenvalue weighted by molar-refractivity contribution is 6.35. The molecule has 12 nitrogen and oxygen atoms in total. The predicted octanol–water partition coefficient (Wildman–Crippen LogP) is 7.84. The van der Waals surface area contributed by atoms with Crippen LogP contribution in [0, 0.1) is 11.7 Å². The number of aromatic nitrogens is 2. The van der Waals surface area contributed by atoms with Crippen LogP contribution in [0.4, 0.5) is 15.0 Å². The zero-order valence-corrected chi connectivity index (χ0v) is 34.1. The third-order valence-electron chi connectivity index (χ3n) is 9.85. The van der Waals surface area contributed by atoms with Crippen LogP contribution >= 0.6 is 11.6 Å². The Morgan fingerprint density at radius 1 is 0.946 bits per heavy atom. The summed E-state index contributed by atoms with van der Waals surface area (Å²) in [5, 5.41) is 12.6. The highest BCUT2D eigenvalue weighted by atomic mass is 35.5. The number of carbonyl (C=O) groups excluding carboxylic acids is 2. The minimum Gasteiger partial charge on any atom is -0.508 e. The molecule has 1 N–H and O–H groups in total. The number of anilines is 1. The summed E-state index contributed by atoms with van der Waals surface area (Å²) in [4.78, 5) is 40.4. The van der Waals surface area contributed by atoms with Crippen LogP contribution in [-0.2, 0) is 19.0 Å². The molecule has 0 unspecified atom stereocenters. The van der Waals surface area contributed by atoms with Gasteiger partial charge in [-0.1, -0.05) is 35.9 Å². The number of amides is 1. The summed E-state index contributed by atoms with van der Waals surface area (Å²) in [5.74, 6) is -0.257. The zero-order valence-electron chi connectivity index (χ0n) is 33.4. The first-order valence-electron chi connectivity index (χ1n) is 19.3. The average Bonchev–Trinajstić information content (AvgIpc) is 3.11. The van der Waals surface area contributed by atoms with Crippen molar-refractivity contribution < 1.29 is 38.0 Å². The van der Waals surface area contributed by atoms with E-state index in [9.17, 15) is 14.7 Å². The Hall–Kier alpha value is -4.46. The van der Waals surface area contributed by atoms with Crippen molar-refractivity contribution in [1.82, 2.24) is 19.8 Å². The summed E-state index contributed by atoms with van der Waals surface area (Å²) < 4.78 is 39.8. The van der Waals surface area contributed by atoms with Crippen molar-refractivity contribution in [2.24, 2.45) is 5.92 Å². The molecule has 0 aliphatic carbocycles. The van der Waals surface area contributed by atoms with E-state index in [0.717, 1.165) is 36.7 Å². The lowest BCUT2D eigenvalue weighted by molar-refractivity contribution is -0.160. The molecule has 0 radical (unpaired) electrons. The van der Waals surface area contributed by atoms with E-state index in [1.54, 1.807) is 17.0 Å². The third kappa shape index (κ3) is 10.1. The molecule has 2 fully saturated rings. The highest BCUT2D eigenvalue weighted by Gasteiger charge is 2.33. The molecule has 1 atom stereocenters. The number of carbonyl (C=O) groups is 2. The van der Waals surface area contributed by atoms with Crippen LogP contribution in [0.2, 0.25) is 5.02 Å². The summed E-state index contributed by atoms with van der Waals surface area (Å²) in [6, 6.07) is 12.0. The number of hydrogen-bond acceptors (Lipinski definition) is 11. The molecular weight excluding hydrogens is 741 g/mol. The molecule has 302 valence electrons. The van der Waals surface area contributed by atoms with Gasteiger partial charge in [0.1, 0.15) is 41.5 Å². The number of phenolic OH excluding ortho intramolecular Hbond substituents is 1. The SMILES string of the molecule is C[C@H]1CN(C(=O)OC(C)(C)C)CCN1c1nc(OCCN2CCC(COCC(=O)OC(C)(C)C)CC2)nc2c(F)c(-c3cc(O)cc4ccccc34)c(Cl)cc12. The number of piperazine rings is 1. The standard InChI is InChI=1S/C42H53ClFN5O7/c1-26-23-48(40(52)56-42(5,6)7)16-17-49(26)38-32-22-33(43)35(31-21-29(50)20-28-10-8-9-11-30(28)31)36(44)37(32)45-39(46-38)54-19-18-47-14-12-27(13-15-47)24-53-25-34(51)55-41(2,3)4/h8-11,20-22,26-27,50H,12-19,23-25H2,1-7H3/t26-/m0/s1. The maximum atomic E-state index is 17.0. The molecule has 1 aromatic heterocycles. The van der Waals surface area contributed by atoms with Crippen molar-refractivity contribution in [2.45, 2.75) is 78.6 Å². The molecule has 56 heavy (non-hydrogen) atoms. The fourth-order valence-corrected chi connectivity index (χ4v) is 7.57. The number of ether oxygens (including phenoxy) is 4. The molecule has 1 amide bonds. The molecule has 2 aliphatic rings. The van der Waals surface area contributed by atoms with Crippen LogP contribution in [0.3, 0.4) is 0 Å². The van der Waals surface area contributed by atoms with Gasteiger partial charge in [-0.15, -0.1) is 0 Å². The lowest BCUT2D eigenvalue weighted by atomic mass is 9.96. The highest BCUT2D eigenvalue weighted by Crippen LogP contribution is 2.43. The van der Waals surface area contributed by atoms with Gasteiger partial charge in [0.25, 0.3) is 0 Å². The van der Waals surface area contributed by atoms with Crippen LogP contribution in [-0.4, -0.2) is 113 Å². The average molecular weight is 794 g/mol. The fourth-order valence-electron chi connectivity index (χ4n) is 7.28. The van der Waals surface area contributed by atoms with Crippen LogP contribution in [0.15, 0.2) is 42.5 Å². The van der Waals surface area contributed by atoms with E-state index < -0.39 is 23.1 Å². The van der Waals surface area contributed by atoms with Gasteiger partial charge in [0.05, 0.1) is 11.6 Å². The maximum absolute atomic E-state index is 17.0. The van der Waals surface area contributed by atoms with Crippen LogP contribution in [0.25, 0.3) is 32.8 Å².